The van der Waals surface area contributed by atoms with Gasteiger partial charge in [-0.15, -0.1) is 0 Å². The predicted molar refractivity (Wildman–Crippen MR) is 58.6 cm³/mol. The highest BCUT2D eigenvalue weighted by Crippen LogP contribution is 2.10. The topological polar surface area (TPSA) is 21.6 Å². The summed E-state index contributed by atoms with van der Waals surface area (Å²) < 4.78 is 0. The van der Waals surface area contributed by atoms with Crippen LogP contribution >= 0.6 is 11.6 Å². The van der Waals surface area contributed by atoms with Crippen LogP contribution in [0.4, 0.5) is 0 Å². The van der Waals surface area contributed by atoms with E-state index in [2.05, 4.69) is 18.3 Å². The number of halogens is 1. The van der Waals surface area contributed by atoms with Gasteiger partial charge in [-0.2, -0.15) is 0 Å². The first-order valence-corrected chi connectivity index (χ1v) is 5.00. The van der Waals surface area contributed by atoms with E-state index in [4.69, 9.17) is 16.4 Å². The first-order valence-electron chi connectivity index (χ1n) is 4.62. The molecule has 3 heteroatoms. The molecule has 0 saturated heterocycles. The van der Waals surface area contributed by atoms with Crippen LogP contribution in [-0.2, 0) is 11.4 Å². The summed E-state index contributed by atoms with van der Waals surface area (Å²) in [5, 5.41) is 4.43. The molecule has 0 fully saturated rings. The van der Waals surface area contributed by atoms with E-state index in [0.717, 1.165) is 23.4 Å². The van der Waals surface area contributed by atoms with E-state index in [1.54, 1.807) is 0 Å². The van der Waals surface area contributed by atoms with Crippen LogP contribution in [0, 0.1) is 0 Å². The predicted octanol–water partition coefficient (Wildman–Crippen LogP) is 3.52. The van der Waals surface area contributed by atoms with Crippen LogP contribution < -0.4 is 0 Å². The molecule has 0 aliphatic rings. The third-order valence-corrected chi connectivity index (χ3v) is 1.89. The van der Waals surface area contributed by atoms with Crippen molar-refractivity contribution in [1.29, 1.82) is 0 Å². The molecule has 0 atom stereocenters. The molecular weight excluding hydrogens is 198 g/mol. The van der Waals surface area contributed by atoms with Crippen LogP contribution in [-0.4, -0.2) is 6.21 Å². The maximum Gasteiger partial charge on any atom is 0.142 e. The lowest BCUT2D eigenvalue weighted by Gasteiger charge is -1.98. The number of unbranched alkanes of at least 4 members (excludes halogenated alkanes) is 1. The van der Waals surface area contributed by atoms with Crippen molar-refractivity contribution in [3.63, 3.8) is 0 Å². The van der Waals surface area contributed by atoms with Gasteiger partial charge in [-0.25, -0.2) is 0 Å². The number of rotatable bonds is 5. The molecule has 0 bridgehead atoms. The summed E-state index contributed by atoms with van der Waals surface area (Å²) in [5.74, 6) is 0. The van der Waals surface area contributed by atoms with Crippen LogP contribution in [0.3, 0.4) is 0 Å². The second-order valence-electron chi connectivity index (χ2n) is 2.90. The molecule has 0 aliphatic heterocycles. The molecule has 0 saturated carbocycles. The van der Waals surface area contributed by atoms with Crippen LogP contribution in [0.5, 0.6) is 0 Å². The summed E-state index contributed by atoms with van der Waals surface area (Å²) in [6.07, 6.45) is 4.66. The molecule has 2 nitrogen and oxygen atoms in total. The monoisotopic (exact) mass is 210 g/mol. The van der Waals surface area contributed by atoms with Crippen molar-refractivity contribution in [3.8, 4) is 0 Å². The molecule has 0 aliphatic carbocycles. The molecule has 0 heterocycles. The molecule has 1 radical (unpaired) electrons. The molecule has 0 unspecified atom stereocenters. The second-order valence-corrected chi connectivity index (χ2v) is 3.34. The number of benzene rings is 1. The maximum absolute atomic E-state index is 5.74. The molecule has 0 aromatic heterocycles. The van der Waals surface area contributed by atoms with E-state index in [0.29, 0.717) is 6.61 Å². The minimum atomic E-state index is 0.466. The van der Waals surface area contributed by atoms with E-state index >= 15 is 0 Å². The van der Waals surface area contributed by atoms with E-state index in [-0.39, 0.29) is 0 Å². The molecule has 1 aromatic rings. The van der Waals surface area contributed by atoms with Gasteiger partial charge in [-0.05, 0) is 24.1 Å². The summed E-state index contributed by atoms with van der Waals surface area (Å²) in [7, 11) is 0. The fraction of sp³-hybridized carbons (Fsp3) is 0.364. The van der Waals surface area contributed by atoms with Crippen LogP contribution in [0.15, 0.2) is 29.4 Å². The minimum Gasteiger partial charge on any atom is -0.391 e. The fourth-order valence-corrected chi connectivity index (χ4v) is 1.02. The quantitative estimate of drug-likeness (QED) is 0.538. The Hall–Kier alpha value is -1.02. The summed E-state index contributed by atoms with van der Waals surface area (Å²) in [5.41, 5.74) is 1.05. The Morgan fingerprint density at radius 3 is 2.71 bits per heavy atom. The number of hydrogen-bond donors (Lipinski definition) is 0. The smallest absolute Gasteiger partial charge is 0.142 e. The van der Waals surface area contributed by atoms with Crippen molar-refractivity contribution < 1.29 is 4.84 Å². The van der Waals surface area contributed by atoms with Gasteiger partial charge in [-0.1, -0.05) is 42.2 Å². The Morgan fingerprint density at radius 2 is 2.07 bits per heavy atom. The highest BCUT2D eigenvalue weighted by molar-refractivity contribution is 6.30. The van der Waals surface area contributed by atoms with Gasteiger partial charge in [0, 0.05) is 5.02 Å². The average molecular weight is 211 g/mol. The highest BCUT2D eigenvalue weighted by Gasteiger charge is 1.91. The third-order valence-electron chi connectivity index (χ3n) is 1.64. The molecule has 1 aromatic carbocycles. The molecule has 0 N–H and O–H groups in total. The zero-order valence-corrected chi connectivity index (χ0v) is 8.92. The Morgan fingerprint density at radius 1 is 1.36 bits per heavy atom. The zero-order chi connectivity index (χ0) is 10.2. The van der Waals surface area contributed by atoms with Crippen molar-refractivity contribution in [2.45, 2.75) is 26.4 Å². The average Bonchev–Trinajstić information content (AvgIpc) is 2.21. The van der Waals surface area contributed by atoms with Crippen molar-refractivity contribution in [2.24, 2.45) is 5.16 Å². The summed E-state index contributed by atoms with van der Waals surface area (Å²) in [6.45, 7) is 2.54. The Kier molecular flexibility index (Phi) is 5.08. The minimum absolute atomic E-state index is 0.466. The standard InChI is InChI=1S/C11H13ClNO/c1-2-3-8-13-14-9-10-4-6-11(12)7-5-10/h4-7H,2-3,9H2,1H3. The molecule has 1 rings (SSSR count). The van der Waals surface area contributed by atoms with Crippen LogP contribution in [0.25, 0.3) is 0 Å². The third kappa shape index (κ3) is 4.28. The van der Waals surface area contributed by atoms with Gasteiger partial charge in [0.25, 0.3) is 0 Å². The summed E-state index contributed by atoms with van der Waals surface area (Å²) in [6, 6.07) is 7.49. The number of nitrogens with zero attached hydrogens (tertiary/aromatic N) is 1. The van der Waals surface area contributed by atoms with Gasteiger partial charge >= 0.3 is 0 Å². The van der Waals surface area contributed by atoms with Gasteiger partial charge < -0.3 is 4.84 Å². The SMILES string of the molecule is CCC/[C]=N/OCc1ccc(Cl)cc1. The molecule has 14 heavy (non-hydrogen) atoms. The largest absolute Gasteiger partial charge is 0.391 e. The lowest BCUT2D eigenvalue weighted by Crippen LogP contribution is -1.86. The summed E-state index contributed by atoms with van der Waals surface area (Å²) in [4.78, 5) is 5.03. The molecule has 0 amide bonds. The Balaban J connectivity index is 2.28. The molecular formula is C11H13ClNO. The second kappa shape index (κ2) is 6.44. The van der Waals surface area contributed by atoms with Crippen molar-refractivity contribution >= 4 is 17.8 Å². The first-order chi connectivity index (χ1) is 6.83. The van der Waals surface area contributed by atoms with Gasteiger partial charge in [0.2, 0.25) is 0 Å². The Bertz CT molecular complexity index is 282. The van der Waals surface area contributed by atoms with E-state index in [1.807, 2.05) is 24.3 Å². The Labute approximate surface area is 89.5 Å². The van der Waals surface area contributed by atoms with Gasteiger partial charge in [0.1, 0.15) is 12.8 Å². The van der Waals surface area contributed by atoms with Crippen molar-refractivity contribution in [2.75, 3.05) is 0 Å². The summed E-state index contributed by atoms with van der Waals surface area (Å²) >= 11 is 5.74. The lowest BCUT2D eigenvalue weighted by molar-refractivity contribution is 0.131. The van der Waals surface area contributed by atoms with E-state index in [9.17, 15) is 0 Å². The first kappa shape index (κ1) is 11.1. The van der Waals surface area contributed by atoms with Gasteiger partial charge in [0.15, 0.2) is 0 Å². The van der Waals surface area contributed by atoms with Crippen molar-refractivity contribution in [1.82, 2.24) is 0 Å². The van der Waals surface area contributed by atoms with Crippen LogP contribution in [0.2, 0.25) is 5.02 Å². The van der Waals surface area contributed by atoms with Crippen LogP contribution in [0.1, 0.15) is 25.3 Å². The fourth-order valence-electron chi connectivity index (χ4n) is 0.891. The molecule has 0 spiro atoms. The maximum atomic E-state index is 5.74. The molecule has 75 valence electrons. The normalized spacial score (nSPS) is 10.7. The van der Waals surface area contributed by atoms with Gasteiger partial charge in [0.05, 0.1) is 0 Å². The van der Waals surface area contributed by atoms with E-state index < -0.39 is 0 Å². The van der Waals surface area contributed by atoms with Crippen molar-refractivity contribution in [3.05, 3.63) is 34.9 Å². The number of hydrogen-bond acceptors (Lipinski definition) is 2. The zero-order valence-electron chi connectivity index (χ0n) is 8.16. The lowest BCUT2D eigenvalue weighted by atomic mass is 10.2. The highest BCUT2D eigenvalue weighted by atomic mass is 35.5. The van der Waals surface area contributed by atoms with E-state index in [1.165, 1.54) is 0 Å². The van der Waals surface area contributed by atoms with Gasteiger partial charge in [-0.3, -0.25) is 0 Å².